The summed E-state index contributed by atoms with van der Waals surface area (Å²) in [7, 11) is 0. The number of nitrogens with zero attached hydrogens (tertiary/aromatic N) is 1. The second-order valence-corrected chi connectivity index (χ2v) is 7.00. The smallest absolute Gasteiger partial charge is 0.322 e. The lowest BCUT2D eigenvalue weighted by atomic mass is 9.77. The molecular formula is C16H27N3O2. The van der Waals surface area contributed by atoms with Crippen LogP contribution in [0.1, 0.15) is 51.9 Å². The zero-order valence-corrected chi connectivity index (χ0v) is 13.0. The summed E-state index contributed by atoms with van der Waals surface area (Å²) in [6.45, 7) is 5.32. The SMILES string of the molecule is CC[C@@H]1CCCC[C@H]1CN1CCC2(CC1)NC(=O)NC2=O. The van der Waals surface area contributed by atoms with Crippen molar-refractivity contribution in [3.05, 3.63) is 0 Å². The maximum atomic E-state index is 11.9. The molecule has 2 heterocycles. The van der Waals surface area contributed by atoms with Gasteiger partial charge >= 0.3 is 6.03 Å². The van der Waals surface area contributed by atoms with Crippen LogP contribution < -0.4 is 10.6 Å². The Kier molecular flexibility index (Phi) is 4.20. The molecule has 3 amide bonds. The number of hydrogen-bond acceptors (Lipinski definition) is 3. The Morgan fingerprint density at radius 1 is 1.14 bits per heavy atom. The van der Waals surface area contributed by atoms with Gasteiger partial charge in [-0.15, -0.1) is 0 Å². The molecule has 1 aliphatic carbocycles. The summed E-state index contributed by atoms with van der Waals surface area (Å²) in [5.41, 5.74) is -0.621. The summed E-state index contributed by atoms with van der Waals surface area (Å²) in [6, 6.07) is -0.327. The van der Waals surface area contributed by atoms with Crippen LogP contribution in [0, 0.1) is 11.8 Å². The van der Waals surface area contributed by atoms with Crippen LogP contribution in [0.2, 0.25) is 0 Å². The number of carbonyl (C=O) groups excluding carboxylic acids is 2. The number of carbonyl (C=O) groups is 2. The van der Waals surface area contributed by atoms with E-state index in [9.17, 15) is 9.59 Å². The fourth-order valence-electron chi connectivity index (χ4n) is 4.39. The average molecular weight is 293 g/mol. The Balaban J connectivity index is 1.54. The first-order valence-electron chi connectivity index (χ1n) is 8.49. The second kappa shape index (κ2) is 5.95. The van der Waals surface area contributed by atoms with Gasteiger partial charge in [-0.25, -0.2) is 4.79 Å². The minimum atomic E-state index is -0.621. The Morgan fingerprint density at radius 2 is 1.81 bits per heavy atom. The lowest BCUT2D eigenvalue weighted by Gasteiger charge is -2.40. The molecule has 0 bridgehead atoms. The fraction of sp³-hybridized carbons (Fsp3) is 0.875. The number of likely N-dealkylation sites (tertiary alicyclic amines) is 1. The summed E-state index contributed by atoms with van der Waals surface area (Å²) in [4.78, 5) is 25.8. The highest BCUT2D eigenvalue weighted by atomic mass is 16.2. The highest BCUT2D eigenvalue weighted by Crippen LogP contribution is 2.34. The Labute approximate surface area is 126 Å². The molecule has 0 aromatic heterocycles. The van der Waals surface area contributed by atoms with Crippen molar-refractivity contribution in [2.45, 2.75) is 57.4 Å². The molecule has 2 N–H and O–H groups in total. The highest BCUT2D eigenvalue weighted by molar-refractivity contribution is 6.07. The molecular weight excluding hydrogens is 266 g/mol. The molecule has 0 unspecified atom stereocenters. The topological polar surface area (TPSA) is 61.4 Å². The Hall–Kier alpha value is -1.10. The third-order valence-electron chi connectivity index (χ3n) is 5.81. The molecule has 1 saturated carbocycles. The van der Waals surface area contributed by atoms with Gasteiger partial charge in [0.2, 0.25) is 0 Å². The van der Waals surface area contributed by atoms with E-state index < -0.39 is 5.54 Å². The zero-order valence-electron chi connectivity index (χ0n) is 13.0. The van der Waals surface area contributed by atoms with E-state index in [1.165, 1.54) is 38.6 Å². The Bertz CT molecular complexity index is 416. The molecule has 2 aliphatic heterocycles. The van der Waals surface area contributed by atoms with E-state index in [0.717, 1.165) is 37.8 Å². The standard InChI is InChI=1S/C16H27N3O2/c1-2-12-5-3-4-6-13(12)11-19-9-7-16(8-10-19)14(20)17-15(21)18-16/h12-13H,2-11H2,1H3,(H2,17,18,20,21)/t12-,13+/m1/s1. The fourth-order valence-corrected chi connectivity index (χ4v) is 4.39. The molecule has 118 valence electrons. The maximum absolute atomic E-state index is 11.9. The molecule has 0 aromatic rings. The van der Waals surface area contributed by atoms with E-state index in [1.807, 2.05) is 0 Å². The number of piperidine rings is 1. The van der Waals surface area contributed by atoms with Crippen molar-refractivity contribution in [2.75, 3.05) is 19.6 Å². The number of amides is 3. The quantitative estimate of drug-likeness (QED) is 0.781. The molecule has 0 aromatic carbocycles. The first-order valence-corrected chi connectivity index (χ1v) is 8.49. The van der Waals surface area contributed by atoms with Gasteiger partial charge in [-0.05, 0) is 31.1 Å². The summed E-state index contributed by atoms with van der Waals surface area (Å²) in [5.74, 6) is 1.57. The number of nitrogens with one attached hydrogen (secondary N) is 2. The molecule has 5 nitrogen and oxygen atoms in total. The third-order valence-corrected chi connectivity index (χ3v) is 5.81. The first kappa shape index (κ1) is 14.8. The van der Waals surface area contributed by atoms with E-state index in [2.05, 4.69) is 22.5 Å². The zero-order chi connectivity index (χ0) is 14.9. The van der Waals surface area contributed by atoms with Crippen molar-refractivity contribution in [2.24, 2.45) is 11.8 Å². The van der Waals surface area contributed by atoms with Gasteiger partial charge in [0.1, 0.15) is 5.54 Å². The average Bonchev–Trinajstić information content (AvgIpc) is 2.76. The lowest BCUT2D eigenvalue weighted by molar-refractivity contribution is -0.125. The number of rotatable bonds is 3. The van der Waals surface area contributed by atoms with Gasteiger partial charge in [-0.2, -0.15) is 0 Å². The molecule has 2 saturated heterocycles. The van der Waals surface area contributed by atoms with E-state index in [4.69, 9.17) is 0 Å². The van der Waals surface area contributed by atoms with Gasteiger partial charge in [0.25, 0.3) is 5.91 Å². The lowest BCUT2D eigenvalue weighted by Crippen LogP contribution is -2.55. The van der Waals surface area contributed by atoms with E-state index in [1.54, 1.807) is 0 Å². The minimum absolute atomic E-state index is 0.128. The normalized spacial score (nSPS) is 33.0. The third kappa shape index (κ3) is 2.93. The van der Waals surface area contributed by atoms with Crippen LogP contribution in [0.4, 0.5) is 4.79 Å². The summed E-state index contributed by atoms with van der Waals surface area (Å²) in [6.07, 6.45) is 8.29. The van der Waals surface area contributed by atoms with Gasteiger partial charge in [-0.3, -0.25) is 10.1 Å². The van der Waals surface area contributed by atoms with Gasteiger partial charge in [0.15, 0.2) is 0 Å². The predicted molar refractivity (Wildman–Crippen MR) is 80.8 cm³/mol. The Morgan fingerprint density at radius 3 is 2.38 bits per heavy atom. The molecule has 0 radical (unpaired) electrons. The van der Waals surface area contributed by atoms with E-state index in [0.29, 0.717) is 0 Å². The first-order chi connectivity index (χ1) is 10.1. The maximum Gasteiger partial charge on any atom is 0.322 e. The van der Waals surface area contributed by atoms with Crippen LogP contribution >= 0.6 is 0 Å². The van der Waals surface area contributed by atoms with E-state index in [-0.39, 0.29) is 11.9 Å². The van der Waals surface area contributed by atoms with Crippen molar-refractivity contribution in [3.63, 3.8) is 0 Å². The van der Waals surface area contributed by atoms with E-state index >= 15 is 0 Å². The van der Waals surface area contributed by atoms with Crippen LogP contribution in [-0.2, 0) is 4.79 Å². The summed E-state index contributed by atoms with van der Waals surface area (Å²) >= 11 is 0. The van der Waals surface area contributed by atoms with Crippen LogP contribution in [0.5, 0.6) is 0 Å². The minimum Gasteiger partial charge on any atom is -0.323 e. The van der Waals surface area contributed by atoms with Gasteiger partial charge < -0.3 is 10.2 Å². The van der Waals surface area contributed by atoms with Crippen molar-refractivity contribution in [1.82, 2.24) is 15.5 Å². The van der Waals surface area contributed by atoms with Crippen molar-refractivity contribution in [3.8, 4) is 0 Å². The number of urea groups is 1. The summed E-state index contributed by atoms with van der Waals surface area (Å²) in [5, 5.41) is 5.22. The number of hydrogen-bond donors (Lipinski definition) is 2. The largest absolute Gasteiger partial charge is 0.323 e. The predicted octanol–water partition coefficient (Wildman–Crippen LogP) is 1.88. The molecule has 1 spiro atoms. The highest BCUT2D eigenvalue weighted by Gasteiger charge is 2.47. The molecule has 2 atom stereocenters. The molecule has 21 heavy (non-hydrogen) atoms. The second-order valence-electron chi connectivity index (χ2n) is 7.00. The number of imide groups is 1. The van der Waals surface area contributed by atoms with Crippen LogP contribution in [0.15, 0.2) is 0 Å². The molecule has 3 aliphatic rings. The molecule has 3 fully saturated rings. The summed E-state index contributed by atoms with van der Waals surface area (Å²) < 4.78 is 0. The van der Waals surface area contributed by atoms with Gasteiger partial charge in [-0.1, -0.05) is 32.6 Å². The van der Waals surface area contributed by atoms with Gasteiger partial charge in [0.05, 0.1) is 0 Å². The molecule has 5 heteroatoms. The monoisotopic (exact) mass is 293 g/mol. The van der Waals surface area contributed by atoms with Crippen molar-refractivity contribution < 1.29 is 9.59 Å². The van der Waals surface area contributed by atoms with Crippen molar-refractivity contribution >= 4 is 11.9 Å². The van der Waals surface area contributed by atoms with Crippen LogP contribution in [0.25, 0.3) is 0 Å². The van der Waals surface area contributed by atoms with Crippen LogP contribution in [-0.4, -0.2) is 42.0 Å². The molecule has 3 rings (SSSR count). The van der Waals surface area contributed by atoms with Crippen LogP contribution in [0.3, 0.4) is 0 Å². The van der Waals surface area contributed by atoms with Crippen molar-refractivity contribution in [1.29, 1.82) is 0 Å². The van der Waals surface area contributed by atoms with Gasteiger partial charge in [0, 0.05) is 19.6 Å².